The summed E-state index contributed by atoms with van der Waals surface area (Å²) < 4.78 is 4.58. The molecule has 1 heterocycles. The zero-order valence-electron chi connectivity index (χ0n) is 15.3. The molecule has 156 valence electrons. The maximum absolute atomic E-state index is 11.5. The van der Waals surface area contributed by atoms with Crippen LogP contribution in [0.3, 0.4) is 0 Å². The third-order valence-corrected chi connectivity index (χ3v) is 4.84. The van der Waals surface area contributed by atoms with Gasteiger partial charge in [-0.3, -0.25) is 9.59 Å². The summed E-state index contributed by atoms with van der Waals surface area (Å²) in [7, 11) is 0. The molecule has 0 aromatic rings. The Kier molecular flexibility index (Phi) is 10.1. The zero-order valence-corrected chi connectivity index (χ0v) is 15.3. The Balaban J connectivity index is 0.000000277. The van der Waals surface area contributed by atoms with Crippen molar-refractivity contribution < 1.29 is 45.0 Å². The van der Waals surface area contributed by atoms with Crippen molar-refractivity contribution in [1.29, 1.82) is 0 Å². The Morgan fingerprint density at radius 3 is 2.37 bits per heavy atom. The number of rotatable bonds is 6. The van der Waals surface area contributed by atoms with Crippen molar-refractivity contribution in [3.05, 3.63) is 12.2 Å². The van der Waals surface area contributed by atoms with Crippen LogP contribution in [0.4, 0.5) is 0 Å². The van der Waals surface area contributed by atoms with E-state index in [2.05, 4.69) is 4.74 Å². The number of aliphatic hydroxyl groups excluding tert-OH is 5. The number of ketones is 1. The number of aliphatic hydroxyl groups is 5. The lowest BCUT2D eigenvalue weighted by atomic mass is 9.89. The molecule has 2 fully saturated rings. The van der Waals surface area contributed by atoms with Gasteiger partial charge in [-0.15, -0.1) is 0 Å². The van der Waals surface area contributed by atoms with Crippen LogP contribution in [0.25, 0.3) is 0 Å². The summed E-state index contributed by atoms with van der Waals surface area (Å²) in [6.45, 7) is 1.52. The highest BCUT2D eigenvalue weighted by atomic mass is 16.6. The minimum absolute atomic E-state index is 0.0519. The number of carbonyl (C=O) groups is 2. The van der Waals surface area contributed by atoms with Gasteiger partial charge >= 0.3 is 5.97 Å². The Morgan fingerprint density at radius 1 is 1.15 bits per heavy atom. The summed E-state index contributed by atoms with van der Waals surface area (Å²) in [5, 5.41) is 53.4. The molecule has 1 aliphatic heterocycles. The third-order valence-electron chi connectivity index (χ3n) is 4.84. The van der Waals surface area contributed by atoms with Crippen molar-refractivity contribution in [3.63, 3.8) is 0 Å². The Morgan fingerprint density at radius 2 is 1.81 bits per heavy atom. The van der Waals surface area contributed by atoms with Gasteiger partial charge in [0.25, 0.3) is 0 Å². The number of carboxylic acids is 1. The van der Waals surface area contributed by atoms with E-state index in [1.807, 2.05) is 19.1 Å². The Hall–Kier alpha value is -1.36. The van der Waals surface area contributed by atoms with Gasteiger partial charge in [-0.05, 0) is 25.2 Å². The number of Topliss-reactive ketones (excluding diaryl/α,β-unsaturated/α-hetero) is 1. The van der Waals surface area contributed by atoms with Crippen LogP contribution in [0.1, 0.15) is 39.0 Å². The second-order valence-corrected chi connectivity index (χ2v) is 6.80. The van der Waals surface area contributed by atoms with Crippen LogP contribution < -0.4 is 0 Å². The predicted octanol–water partition coefficient (Wildman–Crippen LogP) is -0.809. The van der Waals surface area contributed by atoms with Crippen molar-refractivity contribution in [2.75, 3.05) is 6.61 Å². The van der Waals surface area contributed by atoms with Gasteiger partial charge in [0.2, 0.25) is 0 Å². The van der Waals surface area contributed by atoms with Crippen LogP contribution in [0, 0.1) is 11.8 Å². The fourth-order valence-corrected chi connectivity index (χ4v) is 3.26. The molecule has 0 aromatic carbocycles. The maximum atomic E-state index is 11.5. The molecule has 5 unspecified atom stereocenters. The van der Waals surface area contributed by atoms with Gasteiger partial charge in [0.15, 0.2) is 6.29 Å². The van der Waals surface area contributed by atoms with E-state index < -0.39 is 43.3 Å². The summed E-state index contributed by atoms with van der Waals surface area (Å²) >= 11 is 0. The second-order valence-electron chi connectivity index (χ2n) is 6.80. The monoisotopic (exact) mass is 390 g/mol. The van der Waals surface area contributed by atoms with Crippen LogP contribution in [-0.4, -0.2) is 79.7 Å². The molecule has 1 saturated carbocycles. The largest absolute Gasteiger partial charge is 0.481 e. The van der Waals surface area contributed by atoms with Gasteiger partial charge in [0.05, 0.1) is 6.61 Å². The average molecular weight is 390 g/mol. The van der Waals surface area contributed by atoms with Gasteiger partial charge in [-0.25, -0.2) is 0 Å². The number of carboxylic acid groups (broad SMARTS) is 1. The topological polar surface area (TPSA) is 165 Å². The molecule has 0 bridgehead atoms. The molecule has 1 aliphatic carbocycles. The number of hydrogen-bond donors (Lipinski definition) is 6. The second kappa shape index (κ2) is 11.5. The van der Waals surface area contributed by atoms with E-state index in [-0.39, 0.29) is 24.0 Å². The molecule has 0 aromatic heterocycles. The lowest BCUT2D eigenvalue weighted by molar-refractivity contribution is -0.286. The summed E-state index contributed by atoms with van der Waals surface area (Å²) in [4.78, 5) is 22.1. The van der Waals surface area contributed by atoms with Crippen LogP contribution in [0.15, 0.2) is 12.2 Å². The minimum atomic E-state index is -1.57. The number of ether oxygens (including phenoxy) is 1. The first-order chi connectivity index (χ1) is 12.7. The highest BCUT2D eigenvalue weighted by Gasteiger charge is 2.42. The Labute approximate surface area is 157 Å². The van der Waals surface area contributed by atoms with Gasteiger partial charge in [-0.2, -0.15) is 0 Å². The fraction of sp³-hybridized carbons (Fsp3) is 0.778. The van der Waals surface area contributed by atoms with Gasteiger partial charge in [0.1, 0.15) is 30.2 Å². The van der Waals surface area contributed by atoms with Crippen molar-refractivity contribution in [1.82, 2.24) is 0 Å². The highest BCUT2D eigenvalue weighted by Crippen LogP contribution is 2.34. The number of hydrogen-bond acceptors (Lipinski definition) is 8. The lowest BCUT2D eigenvalue weighted by Gasteiger charge is -2.37. The van der Waals surface area contributed by atoms with E-state index in [4.69, 9.17) is 30.6 Å². The summed E-state index contributed by atoms with van der Waals surface area (Å²) in [5.41, 5.74) is 0. The lowest BCUT2D eigenvalue weighted by Crippen LogP contribution is -2.58. The number of aliphatic carboxylic acids is 1. The van der Waals surface area contributed by atoms with Crippen LogP contribution in [0.5, 0.6) is 0 Å². The van der Waals surface area contributed by atoms with E-state index in [0.29, 0.717) is 12.8 Å². The molecule has 1 saturated heterocycles. The first-order valence-corrected chi connectivity index (χ1v) is 9.10. The predicted molar refractivity (Wildman–Crippen MR) is 93.5 cm³/mol. The quantitative estimate of drug-likeness (QED) is 0.318. The first kappa shape index (κ1) is 23.7. The van der Waals surface area contributed by atoms with Crippen molar-refractivity contribution in [3.8, 4) is 0 Å². The minimum Gasteiger partial charge on any atom is -0.481 e. The molecule has 9 heteroatoms. The first-order valence-electron chi connectivity index (χ1n) is 9.10. The average Bonchev–Trinajstić information content (AvgIpc) is 2.96. The fourth-order valence-electron chi connectivity index (χ4n) is 3.26. The molecular weight excluding hydrogens is 360 g/mol. The Bertz CT molecular complexity index is 502. The molecule has 2 aliphatic rings. The summed E-state index contributed by atoms with van der Waals surface area (Å²) in [5.74, 6) is -0.554. The van der Waals surface area contributed by atoms with Gasteiger partial charge in [0, 0.05) is 18.8 Å². The van der Waals surface area contributed by atoms with E-state index in [1.54, 1.807) is 0 Å². The van der Waals surface area contributed by atoms with E-state index in [1.165, 1.54) is 0 Å². The van der Waals surface area contributed by atoms with E-state index in [0.717, 1.165) is 12.8 Å². The molecule has 2 rings (SSSR count). The summed E-state index contributed by atoms with van der Waals surface area (Å²) in [6, 6.07) is 0. The van der Waals surface area contributed by atoms with Crippen LogP contribution in [0.2, 0.25) is 0 Å². The van der Waals surface area contributed by atoms with E-state index in [9.17, 15) is 9.59 Å². The zero-order chi connectivity index (χ0) is 20.6. The third kappa shape index (κ3) is 6.95. The van der Waals surface area contributed by atoms with Gasteiger partial charge < -0.3 is 35.4 Å². The van der Waals surface area contributed by atoms with Crippen molar-refractivity contribution >= 4 is 11.8 Å². The number of carbonyl (C=O) groups excluding carboxylic acids is 1. The molecule has 6 N–H and O–H groups in total. The molecule has 9 nitrogen and oxygen atoms in total. The normalized spacial score (nSPS) is 36.5. The molecule has 0 spiro atoms. The van der Waals surface area contributed by atoms with Crippen molar-refractivity contribution in [2.45, 2.75) is 69.7 Å². The molecule has 7 atom stereocenters. The standard InChI is InChI=1S/C12H18O3.C6H12O6/c1-2-3-4-5-10-9(8-12(14)15)6-7-11(10)13;7-1-2-3(8)4(9)5(10)6(11)12-2/h3-4,9-10H,2,5-8H2,1H3,(H,14,15);2-11H,1H2/b4-3-;/t9-,10+;/m0./s1. The molecule has 27 heavy (non-hydrogen) atoms. The summed E-state index contributed by atoms with van der Waals surface area (Å²) in [6.07, 6.45) is 0.108. The SMILES string of the molecule is CC/C=C\C[C@H]1C(=O)CC[C@H]1CC(=O)O.OCC1OC(O)C(O)C(O)C1O. The van der Waals surface area contributed by atoms with Crippen LogP contribution in [-0.2, 0) is 14.3 Å². The highest BCUT2D eigenvalue weighted by molar-refractivity contribution is 5.84. The smallest absolute Gasteiger partial charge is 0.303 e. The van der Waals surface area contributed by atoms with Gasteiger partial charge in [-0.1, -0.05) is 19.1 Å². The molecular formula is C18H30O9. The number of allylic oxidation sites excluding steroid dienone is 2. The molecule has 0 amide bonds. The van der Waals surface area contributed by atoms with Crippen LogP contribution >= 0.6 is 0 Å². The van der Waals surface area contributed by atoms with E-state index >= 15 is 0 Å². The van der Waals surface area contributed by atoms with Crippen molar-refractivity contribution in [2.24, 2.45) is 11.8 Å². The maximum Gasteiger partial charge on any atom is 0.303 e. The molecule has 0 radical (unpaired) electrons.